The topological polar surface area (TPSA) is 86.8 Å². The highest BCUT2D eigenvalue weighted by molar-refractivity contribution is 7.92. The third-order valence-corrected chi connectivity index (χ3v) is 7.61. The zero-order valence-corrected chi connectivity index (χ0v) is 23.0. The number of hydrogen-bond donors (Lipinski definition) is 1. The van der Waals surface area contributed by atoms with Crippen LogP contribution in [0.4, 0.5) is 5.69 Å². The van der Waals surface area contributed by atoms with Crippen LogP contribution in [-0.2, 0) is 26.2 Å². The number of sulfonamides is 1. The van der Waals surface area contributed by atoms with E-state index in [2.05, 4.69) is 5.32 Å². The third kappa shape index (κ3) is 8.12. The van der Waals surface area contributed by atoms with Crippen molar-refractivity contribution in [3.05, 3.63) is 63.6 Å². The molecule has 2 rings (SSSR count). The number of benzene rings is 2. The first kappa shape index (κ1) is 28.9. The maximum atomic E-state index is 13.6. The van der Waals surface area contributed by atoms with Crippen LogP contribution in [0.1, 0.15) is 44.7 Å². The lowest BCUT2D eigenvalue weighted by molar-refractivity contribution is -0.140. The van der Waals surface area contributed by atoms with Gasteiger partial charge in [0.05, 0.1) is 22.0 Å². The Morgan fingerprint density at radius 1 is 1.00 bits per heavy atom. The van der Waals surface area contributed by atoms with E-state index in [-0.39, 0.29) is 34.2 Å². The van der Waals surface area contributed by atoms with Crippen molar-refractivity contribution in [3.8, 4) is 0 Å². The Labute approximate surface area is 218 Å². The average molecular weight is 543 g/mol. The molecule has 2 atom stereocenters. The number of carbonyl (C=O) groups is 2. The molecule has 2 unspecified atom stereocenters. The van der Waals surface area contributed by atoms with E-state index in [0.29, 0.717) is 6.42 Å². The maximum absolute atomic E-state index is 13.6. The summed E-state index contributed by atoms with van der Waals surface area (Å²) in [4.78, 5) is 28.2. The monoisotopic (exact) mass is 541 g/mol. The number of halogens is 2. The van der Waals surface area contributed by atoms with Crippen LogP contribution >= 0.6 is 23.2 Å². The fourth-order valence-corrected chi connectivity index (χ4v) is 4.64. The Hall–Kier alpha value is -2.29. The number of anilines is 1. The van der Waals surface area contributed by atoms with Gasteiger partial charge in [-0.05, 0) is 50.5 Å². The minimum atomic E-state index is -3.85. The van der Waals surface area contributed by atoms with Gasteiger partial charge in [0.25, 0.3) is 0 Å². The molecule has 0 aromatic heterocycles. The van der Waals surface area contributed by atoms with Gasteiger partial charge in [-0.25, -0.2) is 8.42 Å². The van der Waals surface area contributed by atoms with E-state index in [9.17, 15) is 18.0 Å². The number of hydrogen-bond acceptors (Lipinski definition) is 4. The summed E-state index contributed by atoms with van der Waals surface area (Å²) < 4.78 is 26.3. The largest absolute Gasteiger partial charge is 0.352 e. The molecule has 10 heteroatoms. The molecule has 192 valence electrons. The molecule has 0 aliphatic rings. The molecule has 0 aliphatic heterocycles. The predicted molar refractivity (Wildman–Crippen MR) is 142 cm³/mol. The Morgan fingerprint density at radius 3 is 2.14 bits per heavy atom. The van der Waals surface area contributed by atoms with Crippen LogP contribution in [0.3, 0.4) is 0 Å². The van der Waals surface area contributed by atoms with E-state index in [1.165, 1.54) is 23.1 Å². The number of nitrogens with one attached hydrogen (secondary N) is 1. The van der Waals surface area contributed by atoms with Crippen LogP contribution in [0.25, 0.3) is 0 Å². The maximum Gasteiger partial charge on any atom is 0.244 e. The number of nitrogens with zero attached hydrogens (tertiary/aromatic N) is 2. The summed E-state index contributed by atoms with van der Waals surface area (Å²) in [5, 5.41) is 3.38. The molecule has 0 fully saturated rings. The molecule has 0 aliphatic carbocycles. The van der Waals surface area contributed by atoms with Crippen molar-refractivity contribution in [2.45, 2.75) is 59.2 Å². The molecule has 2 amide bonds. The molecule has 2 aromatic carbocycles. The minimum Gasteiger partial charge on any atom is -0.352 e. The molecule has 0 bridgehead atoms. The van der Waals surface area contributed by atoms with Crippen LogP contribution in [0.15, 0.2) is 42.5 Å². The van der Waals surface area contributed by atoms with Gasteiger partial charge in [-0.2, -0.15) is 0 Å². The molecule has 0 spiro atoms. The lowest BCUT2D eigenvalue weighted by atomic mass is 10.1. The van der Waals surface area contributed by atoms with Crippen molar-refractivity contribution in [2.75, 3.05) is 17.1 Å². The van der Waals surface area contributed by atoms with E-state index in [1.54, 1.807) is 0 Å². The summed E-state index contributed by atoms with van der Waals surface area (Å²) in [6, 6.07) is 11.2. The lowest BCUT2D eigenvalue weighted by Gasteiger charge is -2.33. The highest BCUT2D eigenvalue weighted by atomic mass is 35.5. The summed E-state index contributed by atoms with van der Waals surface area (Å²) in [6.07, 6.45) is 2.12. The molecule has 2 aromatic rings. The van der Waals surface area contributed by atoms with Crippen LogP contribution in [0.5, 0.6) is 0 Å². The van der Waals surface area contributed by atoms with Crippen LogP contribution in [-0.4, -0.2) is 50.0 Å². The van der Waals surface area contributed by atoms with Crippen molar-refractivity contribution >= 4 is 50.7 Å². The van der Waals surface area contributed by atoms with Gasteiger partial charge in [0, 0.05) is 12.6 Å². The second-order valence-corrected chi connectivity index (χ2v) is 11.3. The van der Waals surface area contributed by atoms with Crippen molar-refractivity contribution in [3.63, 3.8) is 0 Å². The van der Waals surface area contributed by atoms with Gasteiger partial charge in [0.1, 0.15) is 12.6 Å². The van der Waals surface area contributed by atoms with Gasteiger partial charge in [0.15, 0.2) is 0 Å². The van der Waals surface area contributed by atoms with E-state index in [0.717, 1.165) is 28.1 Å². The summed E-state index contributed by atoms with van der Waals surface area (Å²) >= 11 is 12.1. The zero-order valence-electron chi connectivity index (χ0n) is 20.7. The number of aryl methyl sites for hydroxylation is 1. The fraction of sp³-hybridized carbons (Fsp3) is 0.440. The molecular weight excluding hydrogens is 509 g/mol. The van der Waals surface area contributed by atoms with Gasteiger partial charge in [-0.1, -0.05) is 66.9 Å². The first-order valence-corrected chi connectivity index (χ1v) is 14.1. The number of amides is 2. The Kier molecular flexibility index (Phi) is 10.4. The van der Waals surface area contributed by atoms with Crippen molar-refractivity contribution in [1.82, 2.24) is 10.2 Å². The predicted octanol–water partition coefficient (Wildman–Crippen LogP) is 4.79. The van der Waals surface area contributed by atoms with Gasteiger partial charge < -0.3 is 10.2 Å². The zero-order chi connectivity index (χ0) is 26.3. The highest BCUT2D eigenvalue weighted by Gasteiger charge is 2.32. The molecule has 7 nitrogen and oxygen atoms in total. The third-order valence-electron chi connectivity index (χ3n) is 5.73. The first-order valence-electron chi connectivity index (χ1n) is 11.5. The van der Waals surface area contributed by atoms with Gasteiger partial charge in [-0.3, -0.25) is 13.9 Å². The lowest BCUT2D eigenvalue weighted by Crippen LogP contribution is -2.53. The van der Waals surface area contributed by atoms with Crippen LogP contribution < -0.4 is 9.62 Å². The standard InChI is InChI=1S/C25H33Cl2N3O4S/c1-6-18(4)28-25(32)23(7-2)29(15-19-10-8-17(3)9-11-19)24(31)16-30(35(5,33)34)20-12-13-21(26)22(27)14-20/h8-14,18,23H,6-7,15-16H2,1-5H3,(H,28,32). The van der Waals surface area contributed by atoms with E-state index in [1.807, 2.05) is 52.0 Å². The summed E-state index contributed by atoms with van der Waals surface area (Å²) in [6.45, 7) is 7.31. The van der Waals surface area contributed by atoms with E-state index >= 15 is 0 Å². The van der Waals surface area contributed by atoms with Crippen molar-refractivity contribution in [2.24, 2.45) is 0 Å². The molecule has 0 heterocycles. The summed E-state index contributed by atoms with van der Waals surface area (Å²) in [5.74, 6) is -0.782. The molecule has 35 heavy (non-hydrogen) atoms. The molecule has 0 saturated carbocycles. The molecule has 0 saturated heterocycles. The molecule has 1 N–H and O–H groups in total. The van der Waals surface area contributed by atoms with Gasteiger partial charge >= 0.3 is 0 Å². The number of rotatable bonds is 11. The van der Waals surface area contributed by atoms with Crippen LogP contribution in [0, 0.1) is 6.92 Å². The average Bonchev–Trinajstić information content (AvgIpc) is 2.79. The minimum absolute atomic E-state index is 0.0587. The smallest absolute Gasteiger partial charge is 0.244 e. The second-order valence-electron chi connectivity index (χ2n) is 8.62. The first-order chi connectivity index (χ1) is 16.4. The number of carbonyl (C=O) groups excluding carboxylic acids is 2. The molecular formula is C25H33Cl2N3O4S. The van der Waals surface area contributed by atoms with Gasteiger partial charge in [-0.15, -0.1) is 0 Å². The normalized spacial score (nSPS) is 13.1. The van der Waals surface area contributed by atoms with Crippen molar-refractivity contribution in [1.29, 1.82) is 0 Å². The van der Waals surface area contributed by atoms with E-state index < -0.39 is 28.5 Å². The van der Waals surface area contributed by atoms with Crippen molar-refractivity contribution < 1.29 is 18.0 Å². The summed E-state index contributed by atoms with van der Waals surface area (Å²) in [5.41, 5.74) is 2.11. The van der Waals surface area contributed by atoms with Crippen LogP contribution in [0.2, 0.25) is 10.0 Å². The summed E-state index contributed by atoms with van der Waals surface area (Å²) in [7, 11) is -3.85. The quantitative estimate of drug-likeness (QED) is 0.443. The van der Waals surface area contributed by atoms with Gasteiger partial charge in [0.2, 0.25) is 21.8 Å². The Bertz CT molecular complexity index is 1140. The highest BCUT2D eigenvalue weighted by Crippen LogP contribution is 2.28. The Morgan fingerprint density at radius 2 is 1.63 bits per heavy atom. The fourth-order valence-electron chi connectivity index (χ4n) is 3.50. The SMILES string of the molecule is CCC(C)NC(=O)C(CC)N(Cc1ccc(C)cc1)C(=O)CN(c1ccc(Cl)c(Cl)c1)S(C)(=O)=O. The van der Waals surface area contributed by atoms with E-state index in [4.69, 9.17) is 23.2 Å². The second kappa shape index (κ2) is 12.6. The molecule has 0 radical (unpaired) electrons. The Balaban J connectivity index is 2.45.